The summed E-state index contributed by atoms with van der Waals surface area (Å²) in [4.78, 5) is 4.32. The Hall–Kier alpha value is -1.05. The maximum atomic E-state index is 4.32. The zero-order valence-corrected chi connectivity index (χ0v) is 6.72. The van der Waals surface area contributed by atoms with Crippen LogP contribution >= 0.6 is 0 Å². The van der Waals surface area contributed by atoms with Gasteiger partial charge in [0.2, 0.25) is 0 Å². The number of anilines is 1. The van der Waals surface area contributed by atoms with Gasteiger partial charge in [-0.05, 0) is 24.0 Å². The Bertz CT molecular complexity index is 273. The van der Waals surface area contributed by atoms with Crippen LogP contribution in [0.1, 0.15) is 19.5 Å². The first kappa shape index (κ1) is 6.65. The summed E-state index contributed by atoms with van der Waals surface area (Å²) in [5.41, 5.74) is 2.72. The lowest BCUT2D eigenvalue weighted by Crippen LogP contribution is -1.93. The Morgan fingerprint density at radius 1 is 1.73 bits per heavy atom. The van der Waals surface area contributed by atoms with Crippen LogP contribution < -0.4 is 5.32 Å². The molecule has 1 N–H and O–H groups in total. The van der Waals surface area contributed by atoms with Crippen LogP contribution in [-0.2, 0) is 12.8 Å². The summed E-state index contributed by atoms with van der Waals surface area (Å²) in [6, 6.07) is 2.25. The molecular weight excluding hydrogens is 136 g/mol. The molecule has 1 aromatic heterocycles. The molecule has 0 amide bonds. The molecule has 0 atom stereocenters. The second kappa shape index (κ2) is 2.53. The van der Waals surface area contributed by atoms with Crippen molar-refractivity contribution in [2.45, 2.75) is 19.8 Å². The number of rotatable bonds is 1. The minimum atomic E-state index is 0. The van der Waals surface area contributed by atoms with Crippen molar-refractivity contribution < 1.29 is 1.43 Å². The van der Waals surface area contributed by atoms with Crippen LogP contribution in [0.15, 0.2) is 12.3 Å². The van der Waals surface area contributed by atoms with Gasteiger partial charge in [0.05, 0.1) is 0 Å². The highest BCUT2D eigenvalue weighted by Gasteiger charge is 2.10. The van der Waals surface area contributed by atoms with E-state index in [1.807, 2.05) is 6.20 Å². The average molecular weight is 150 g/mol. The standard InChI is InChI=1S/C9H12N2.H2/c1-2-7-5-8-3-4-10-9(8)11-6-7;/h5-6H,2-4H2,1H3,(H,10,11);1H. The van der Waals surface area contributed by atoms with Crippen LogP contribution in [0.2, 0.25) is 0 Å². The summed E-state index contributed by atoms with van der Waals surface area (Å²) >= 11 is 0. The van der Waals surface area contributed by atoms with Gasteiger partial charge in [-0.15, -0.1) is 0 Å². The van der Waals surface area contributed by atoms with E-state index >= 15 is 0 Å². The first-order chi connectivity index (χ1) is 5.40. The Kier molecular flexibility index (Phi) is 1.53. The van der Waals surface area contributed by atoms with E-state index in [9.17, 15) is 0 Å². The topological polar surface area (TPSA) is 24.9 Å². The average Bonchev–Trinajstić information content (AvgIpc) is 2.50. The van der Waals surface area contributed by atoms with Crippen LogP contribution in [0.4, 0.5) is 5.82 Å². The predicted octanol–water partition coefficient (Wildman–Crippen LogP) is 1.86. The molecule has 0 saturated carbocycles. The van der Waals surface area contributed by atoms with Gasteiger partial charge in [0.1, 0.15) is 5.82 Å². The van der Waals surface area contributed by atoms with Crippen LogP contribution in [0.25, 0.3) is 0 Å². The summed E-state index contributed by atoms with van der Waals surface area (Å²) in [6.45, 7) is 3.21. The van der Waals surface area contributed by atoms with Crippen molar-refractivity contribution in [2.75, 3.05) is 11.9 Å². The number of nitrogens with zero attached hydrogens (tertiary/aromatic N) is 1. The molecule has 2 nitrogen and oxygen atoms in total. The molecule has 1 aliphatic rings. The van der Waals surface area contributed by atoms with Gasteiger partial charge in [-0.25, -0.2) is 4.98 Å². The van der Waals surface area contributed by atoms with E-state index in [-0.39, 0.29) is 1.43 Å². The van der Waals surface area contributed by atoms with Crippen molar-refractivity contribution in [1.82, 2.24) is 4.98 Å². The number of aromatic nitrogens is 1. The maximum Gasteiger partial charge on any atom is 0.129 e. The van der Waals surface area contributed by atoms with Crippen LogP contribution in [0.5, 0.6) is 0 Å². The molecule has 2 rings (SSSR count). The van der Waals surface area contributed by atoms with Crippen molar-refractivity contribution in [3.05, 3.63) is 23.4 Å². The molecule has 0 saturated heterocycles. The zero-order valence-electron chi connectivity index (χ0n) is 6.72. The van der Waals surface area contributed by atoms with Crippen molar-refractivity contribution in [3.8, 4) is 0 Å². The van der Waals surface area contributed by atoms with E-state index in [0.717, 1.165) is 25.2 Å². The van der Waals surface area contributed by atoms with Gasteiger partial charge in [0, 0.05) is 14.2 Å². The summed E-state index contributed by atoms with van der Waals surface area (Å²) < 4.78 is 0. The highest BCUT2D eigenvalue weighted by molar-refractivity contribution is 5.49. The highest BCUT2D eigenvalue weighted by Crippen LogP contribution is 2.19. The van der Waals surface area contributed by atoms with E-state index in [0.29, 0.717) is 0 Å². The molecular formula is C9H14N2. The van der Waals surface area contributed by atoms with Gasteiger partial charge >= 0.3 is 0 Å². The normalized spacial score (nSPS) is 14.3. The molecule has 0 radical (unpaired) electrons. The third-order valence-corrected chi connectivity index (χ3v) is 2.12. The van der Waals surface area contributed by atoms with E-state index in [1.54, 1.807) is 0 Å². The Balaban J connectivity index is 0.000000720. The zero-order chi connectivity index (χ0) is 7.68. The maximum absolute atomic E-state index is 4.32. The number of fused-ring (bicyclic) bond motifs is 1. The fourth-order valence-corrected chi connectivity index (χ4v) is 1.42. The lowest BCUT2D eigenvalue weighted by molar-refractivity contribution is 1.08. The lowest BCUT2D eigenvalue weighted by atomic mass is 10.1. The predicted molar refractivity (Wildman–Crippen MR) is 47.9 cm³/mol. The van der Waals surface area contributed by atoms with Gasteiger partial charge in [-0.3, -0.25) is 0 Å². The summed E-state index contributed by atoms with van der Waals surface area (Å²) in [6.07, 6.45) is 4.17. The van der Waals surface area contributed by atoms with Gasteiger partial charge in [-0.2, -0.15) is 0 Å². The first-order valence-corrected chi connectivity index (χ1v) is 4.12. The van der Waals surface area contributed by atoms with Crippen LogP contribution in [0, 0.1) is 0 Å². The largest absolute Gasteiger partial charge is 0.370 e. The molecule has 0 bridgehead atoms. The van der Waals surface area contributed by atoms with Crippen molar-refractivity contribution in [1.29, 1.82) is 0 Å². The number of hydrogen-bond acceptors (Lipinski definition) is 2. The van der Waals surface area contributed by atoms with Gasteiger partial charge in [-0.1, -0.05) is 13.0 Å². The summed E-state index contributed by atoms with van der Waals surface area (Å²) in [5, 5.41) is 3.24. The monoisotopic (exact) mass is 150 g/mol. The Morgan fingerprint density at radius 2 is 2.64 bits per heavy atom. The number of aryl methyl sites for hydroxylation is 1. The molecule has 1 aromatic rings. The number of pyridine rings is 1. The van der Waals surface area contributed by atoms with Crippen molar-refractivity contribution >= 4 is 5.82 Å². The summed E-state index contributed by atoms with van der Waals surface area (Å²) in [7, 11) is 0. The molecule has 0 aliphatic carbocycles. The van der Waals surface area contributed by atoms with Crippen LogP contribution in [-0.4, -0.2) is 11.5 Å². The van der Waals surface area contributed by atoms with E-state index in [2.05, 4.69) is 23.3 Å². The van der Waals surface area contributed by atoms with Crippen LogP contribution in [0.3, 0.4) is 0 Å². The SMILES string of the molecule is CCc1cnc2c(c1)CCN2.[HH]. The number of hydrogen-bond donors (Lipinski definition) is 1. The molecule has 60 valence electrons. The van der Waals surface area contributed by atoms with Crippen molar-refractivity contribution in [3.63, 3.8) is 0 Å². The van der Waals surface area contributed by atoms with Crippen molar-refractivity contribution in [2.24, 2.45) is 0 Å². The third-order valence-electron chi connectivity index (χ3n) is 2.12. The van der Waals surface area contributed by atoms with E-state index < -0.39 is 0 Å². The van der Waals surface area contributed by atoms with Gasteiger partial charge in [0.25, 0.3) is 0 Å². The molecule has 1 aliphatic heterocycles. The molecule has 2 heterocycles. The highest BCUT2D eigenvalue weighted by atomic mass is 15.0. The second-order valence-electron chi connectivity index (χ2n) is 2.88. The third kappa shape index (κ3) is 1.09. The first-order valence-electron chi connectivity index (χ1n) is 4.12. The Morgan fingerprint density at radius 3 is 3.45 bits per heavy atom. The van der Waals surface area contributed by atoms with Gasteiger partial charge in [0.15, 0.2) is 0 Å². The van der Waals surface area contributed by atoms with Gasteiger partial charge < -0.3 is 5.32 Å². The minimum Gasteiger partial charge on any atom is -0.370 e. The smallest absolute Gasteiger partial charge is 0.129 e. The molecule has 0 unspecified atom stereocenters. The molecule has 0 fully saturated rings. The fraction of sp³-hybridized carbons (Fsp3) is 0.444. The Labute approximate surface area is 68.1 Å². The molecule has 11 heavy (non-hydrogen) atoms. The van der Waals surface area contributed by atoms with E-state index in [1.165, 1.54) is 11.1 Å². The molecule has 0 spiro atoms. The molecule has 0 aromatic carbocycles. The lowest BCUT2D eigenvalue weighted by Gasteiger charge is -1.99. The second-order valence-corrected chi connectivity index (χ2v) is 2.88. The van der Waals surface area contributed by atoms with E-state index in [4.69, 9.17) is 0 Å². The minimum absolute atomic E-state index is 0. The summed E-state index contributed by atoms with van der Waals surface area (Å²) in [5.74, 6) is 1.09. The number of nitrogens with one attached hydrogen (secondary N) is 1. The fourth-order valence-electron chi connectivity index (χ4n) is 1.42. The molecule has 2 heteroatoms. The quantitative estimate of drug-likeness (QED) is 0.661.